The van der Waals surface area contributed by atoms with Gasteiger partial charge in [-0.05, 0) is 32.2 Å². The molecule has 0 saturated heterocycles. The first-order chi connectivity index (χ1) is 11.2. The molecule has 0 aromatic heterocycles. The van der Waals surface area contributed by atoms with Crippen LogP contribution in [0.5, 0.6) is 0 Å². The molecule has 0 rings (SSSR count). The molecular weight excluding hydrogens is 284 g/mol. The van der Waals surface area contributed by atoms with Crippen LogP contribution in [0.3, 0.4) is 0 Å². The van der Waals surface area contributed by atoms with Gasteiger partial charge in [0.1, 0.15) is 0 Å². The molecule has 3 nitrogen and oxygen atoms in total. The summed E-state index contributed by atoms with van der Waals surface area (Å²) < 4.78 is 0. The standard InChI is InChI=1S/C20H42N2O/c1-5-9-11-13-15-18(14-12-10-6-2)20(23)22-17-19(8-4)21-16-7-3/h18-19,21H,5-17H2,1-4H3,(H,22,23). The zero-order valence-electron chi connectivity index (χ0n) is 16.3. The number of carbonyl (C=O) groups excluding carboxylic acids is 1. The normalized spacial score (nSPS) is 13.7. The Bertz CT molecular complexity index is 268. The van der Waals surface area contributed by atoms with Gasteiger partial charge in [0.2, 0.25) is 5.91 Å². The molecule has 0 aliphatic heterocycles. The minimum absolute atomic E-state index is 0.224. The SMILES string of the molecule is CCCCCCC(CCCCC)C(=O)NCC(CC)NCCC. The predicted molar refractivity (Wildman–Crippen MR) is 102 cm³/mol. The summed E-state index contributed by atoms with van der Waals surface area (Å²) in [4.78, 5) is 12.6. The van der Waals surface area contributed by atoms with Crippen LogP contribution in [0.2, 0.25) is 0 Å². The summed E-state index contributed by atoms with van der Waals surface area (Å²) in [5.41, 5.74) is 0. The van der Waals surface area contributed by atoms with Crippen molar-refractivity contribution < 1.29 is 4.79 Å². The van der Waals surface area contributed by atoms with E-state index >= 15 is 0 Å². The highest BCUT2D eigenvalue weighted by Crippen LogP contribution is 2.18. The molecule has 2 unspecified atom stereocenters. The Morgan fingerprint density at radius 3 is 2.00 bits per heavy atom. The molecule has 0 saturated carbocycles. The maximum atomic E-state index is 12.6. The lowest BCUT2D eigenvalue weighted by molar-refractivity contribution is -0.125. The van der Waals surface area contributed by atoms with Crippen LogP contribution in [0.25, 0.3) is 0 Å². The highest BCUT2D eigenvalue weighted by Gasteiger charge is 2.18. The lowest BCUT2D eigenvalue weighted by atomic mass is 9.94. The van der Waals surface area contributed by atoms with E-state index in [1.54, 1.807) is 0 Å². The number of hydrogen-bond acceptors (Lipinski definition) is 2. The summed E-state index contributed by atoms with van der Waals surface area (Å²) in [6.07, 6.45) is 13.0. The second-order valence-corrected chi connectivity index (χ2v) is 6.85. The molecule has 0 spiro atoms. The van der Waals surface area contributed by atoms with Crippen molar-refractivity contribution in [2.24, 2.45) is 5.92 Å². The first kappa shape index (κ1) is 22.4. The number of rotatable bonds is 16. The van der Waals surface area contributed by atoms with Crippen LogP contribution in [0, 0.1) is 5.92 Å². The van der Waals surface area contributed by atoms with Crippen LogP contribution in [0.4, 0.5) is 0 Å². The Morgan fingerprint density at radius 2 is 1.43 bits per heavy atom. The third-order valence-corrected chi connectivity index (χ3v) is 4.63. The minimum Gasteiger partial charge on any atom is -0.354 e. The van der Waals surface area contributed by atoms with Crippen molar-refractivity contribution in [2.45, 2.75) is 104 Å². The Morgan fingerprint density at radius 1 is 0.826 bits per heavy atom. The van der Waals surface area contributed by atoms with Gasteiger partial charge < -0.3 is 10.6 Å². The first-order valence-electron chi connectivity index (χ1n) is 10.2. The van der Waals surface area contributed by atoms with E-state index in [-0.39, 0.29) is 11.8 Å². The van der Waals surface area contributed by atoms with E-state index in [2.05, 4.69) is 38.3 Å². The van der Waals surface area contributed by atoms with E-state index in [0.29, 0.717) is 6.04 Å². The molecule has 0 radical (unpaired) electrons. The van der Waals surface area contributed by atoms with Crippen LogP contribution >= 0.6 is 0 Å². The van der Waals surface area contributed by atoms with Gasteiger partial charge in [-0.25, -0.2) is 0 Å². The van der Waals surface area contributed by atoms with Crippen molar-refractivity contribution in [3.05, 3.63) is 0 Å². The number of unbranched alkanes of at least 4 members (excludes halogenated alkanes) is 5. The quantitative estimate of drug-likeness (QED) is 0.390. The zero-order chi connectivity index (χ0) is 17.3. The van der Waals surface area contributed by atoms with E-state index in [1.165, 1.54) is 44.9 Å². The van der Waals surface area contributed by atoms with Crippen LogP contribution in [0.1, 0.15) is 98.3 Å². The van der Waals surface area contributed by atoms with Gasteiger partial charge in [0.15, 0.2) is 0 Å². The van der Waals surface area contributed by atoms with E-state index in [1.807, 2.05) is 0 Å². The van der Waals surface area contributed by atoms with Crippen molar-refractivity contribution in [3.8, 4) is 0 Å². The van der Waals surface area contributed by atoms with Crippen molar-refractivity contribution in [3.63, 3.8) is 0 Å². The maximum absolute atomic E-state index is 12.6. The van der Waals surface area contributed by atoms with Crippen molar-refractivity contribution >= 4 is 5.91 Å². The molecule has 1 amide bonds. The molecule has 0 aliphatic rings. The Labute approximate surface area is 145 Å². The van der Waals surface area contributed by atoms with Gasteiger partial charge >= 0.3 is 0 Å². The summed E-state index contributed by atoms with van der Waals surface area (Å²) in [5.74, 6) is 0.511. The van der Waals surface area contributed by atoms with Gasteiger partial charge in [-0.2, -0.15) is 0 Å². The van der Waals surface area contributed by atoms with Crippen molar-refractivity contribution in [1.82, 2.24) is 10.6 Å². The summed E-state index contributed by atoms with van der Waals surface area (Å²) in [6, 6.07) is 0.412. The second kappa shape index (κ2) is 16.3. The largest absolute Gasteiger partial charge is 0.354 e. The lowest BCUT2D eigenvalue weighted by Crippen LogP contribution is -2.42. The predicted octanol–water partition coefficient (Wildman–Crippen LogP) is 5.05. The molecule has 138 valence electrons. The Hall–Kier alpha value is -0.570. The lowest BCUT2D eigenvalue weighted by Gasteiger charge is -2.21. The number of nitrogens with one attached hydrogen (secondary N) is 2. The molecular formula is C20H42N2O. The fraction of sp³-hybridized carbons (Fsp3) is 0.950. The molecule has 0 heterocycles. The maximum Gasteiger partial charge on any atom is 0.223 e. The third kappa shape index (κ3) is 12.5. The molecule has 0 bridgehead atoms. The summed E-state index contributed by atoms with van der Waals surface area (Å²) in [5, 5.41) is 6.72. The average molecular weight is 327 g/mol. The minimum atomic E-state index is 0.224. The molecule has 0 aliphatic carbocycles. The van der Waals surface area contributed by atoms with Crippen LogP contribution < -0.4 is 10.6 Å². The van der Waals surface area contributed by atoms with Crippen LogP contribution in [0.15, 0.2) is 0 Å². The highest BCUT2D eigenvalue weighted by molar-refractivity contribution is 5.78. The molecule has 0 fully saturated rings. The monoisotopic (exact) mass is 326 g/mol. The van der Waals surface area contributed by atoms with Gasteiger partial charge in [0, 0.05) is 18.5 Å². The van der Waals surface area contributed by atoms with Crippen LogP contribution in [-0.4, -0.2) is 25.0 Å². The van der Waals surface area contributed by atoms with Gasteiger partial charge in [0.05, 0.1) is 0 Å². The van der Waals surface area contributed by atoms with E-state index < -0.39 is 0 Å². The fourth-order valence-corrected chi connectivity index (χ4v) is 2.94. The van der Waals surface area contributed by atoms with Crippen LogP contribution in [-0.2, 0) is 4.79 Å². The smallest absolute Gasteiger partial charge is 0.223 e. The number of amides is 1. The van der Waals surface area contributed by atoms with Gasteiger partial charge in [0.25, 0.3) is 0 Å². The Balaban J connectivity index is 4.22. The number of hydrogen-bond donors (Lipinski definition) is 2. The molecule has 23 heavy (non-hydrogen) atoms. The van der Waals surface area contributed by atoms with E-state index in [9.17, 15) is 4.79 Å². The fourth-order valence-electron chi connectivity index (χ4n) is 2.94. The Kier molecular flexibility index (Phi) is 15.9. The number of carbonyl (C=O) groups is 1. The average Bonchev–Trinajstić information content (AvgIpc) is 2.57. The molecule has 2 N–H and O–H groups in total. The summed E-state index contributed by atoms with van der Waals surface area (Å²) >= 11 is 0. The molecule has 2 atom stereocenters. The van der Waals surface area contributed by atoms with E-state index in [4.69, 9.17) is 0 Å². The molecule has 0 aromatic carbocycles. The van der Waals surface area contributed by atoms with Crippen molar-refractivity contribution in [2.75, 3.05) is 13.1 Å². The highest BCUT2D eigenvalue weighted by atomic mass is 16.1. The third-order valence-electron chi connectivity index (χ3n) is 4.63. The van der Waals surface area contributed by atoms with Crippen molar-refractivity contribution in [1.29, 1.82) is 0 Å². The van der Waals surface area contributed by atoms with Gasteiger partial charge in [-0.1, -0.05) is 72.6 Å². The van der Waals surface area contributed by atoms with Gasteiger partial charge in [-0.3, -0.25) is 4.79 Å². The second-order valence-electron chi connectivity index (χ2n) is 6.85. The summed E-state index contributed by atoms with van der Waals surface area (Å²) in [6.45, 7) is 10.6. The zero-order valence-corrected chi connectivity index (χ0v) is 16.3. The van der Waals surface area contributed by atoms with Gasteiger partial charge in [-0.15, -0.1) is 0 Å². The molecule has 3 heteroatoms. The molecule has 0 aromatic rings. The van der Waals surface area contributed by atoms with E-state index in [0.717, 1.165) is 38.8 Å². The first-order valence-corrected chi connectivity index (χ1v) is 10.2. The topological polar surface area (TPSA) is 41.1 Å². The summed E-state index contributed by atoms with van der Waals surface area (Å²) in [7, 11) is 0.